The summed E-state index contributed by atoms with van der Waals surface area (Å²) in [6.07, 6.45) is -1.47. The summed E-state index contributed by atoms with van der Waals surface area (Å²) in [5, 5.41) is 11.6. The summed E-state index contributed by atoms with van der Waals surface area (Å²) in [5.74, 6) is -1.52. The van der Waals surface area contributed by atoms with Gasteiger partial charge in [0, 0.05) is 5.56 Å². The number of ether oxygens (including phenoxy) is 2. The van der Waals surface area contributed by atoms with Crippen LogP contribution in [-0.2, 0) is 9.53 Å². The van der Waals surface area contributed by atoms with Crippen molar-refractivity contribution in [2.45, 2.75) is 12.7 Å². The van der Waals surface area contributed by atoms with Crippen LogP contribution in [0, 0.1) is 0 Å². The Morgan fingerprint density at radius 1 is 1.30 bits per heavy atom. The van der Waals surface area contributed by atoms with Gasteiger partial charge in [-0.1, -0.05) is 0 Å². The van der Waals surface area contributed by atoms with Gasteiger partial charge in [0.1, 0.15) is 5.75 Å². The van der Waals surface area contributed by atoms with E-state index in [9.17, 15) is 23.5 Å². The molecule has 1 rings (SSSR count). The van der Waals surface area contributed by atoms with Gasteiger partial charge in [-0.2, -0.15) is 8.78 Å². The minimum absolute atomic E-state index is 0.0776. The van der Waals surface area contributed by atoms with E-state index in [0.717, 1.165) is 7.11 Å². The summed E-state index contributed by atoms with van der Waals surface area (Å²) in [7, 11) is 1.11. The topological polar surface area (TPSA) is 84.9 Å². The molecule has 0 heterocycles. The molecule has 1 amide bonds. The van der Waals surface area contributed by atoms with Crippen molar-refractivity contribution in [1.29, 1.82) is 0 Å². The number of halogens is 2. The normalized spacial score (nSPS) is 11.8. The van der Waals surface area contributed by atoms with E-state index in [2.05, 4.69) is 14.8 Å². The van der Waals surface area contributed by atoms with Crippen molar-refractivity contribution in [3.63, 3.8) is 0 Å². The summed E-state index contributed by atoms with van der Waals surface area (Å²) >= 11 is 0. The second-order valence-corrected chi connectivity index (χ2v) is 3.65. The first-order chi connectivity index (χ1) is 9.43. The summed E-state index contributed by atoms with van der Waals surface area (Å²) < 4.78 is 32.3. The molecule has 0 aliphatic rings. The monoisotopic (exact) mass is 289 g/mol. The fourth-order valence-corrected chi connectivity index (χ4v) is 1.30. The van der Waals surface area contributed by atoms with E-state index in [1.54, 1.807) is 0 Å². The number of carbonyl (C=O) groups is 2. The summed E-state index contributed by atoms with van der Waals surface area (Å²) in [6, 6.07) is 4.96. The smallest absolute Gasteiger partial charge is 0.387 e. The molecule has 110 valence electrons. The van der Waals surface area contributed by atoms with Gasteiger partial charge in [-0.25, -0.2) is 4.79 Å². The zero-order chi connectivity index (χ0) is 15.1. The lowest BCUT2D eigenvalue weighted by Crippen LogP contribution is -2.37. The molecule has 0 aliphatic carbocycles. The van der Waals surface area contributed by atoms with Crippen molar-refractivity contribution < 1.29 is 33.0 Å². The molecular formula is C12H13F2NO5. The molecule has 8 heteroatoms. The van der Waals surface area contributed by atoms with Crippen LogP contribution in [0.15, 0.2) is 24.3 Å². The van der Waals surface area contributed by atoms with Gasteiger partial charge in [0.2, 0.25) is 0 Å². The van der Waals surface area contributed by atoms with Gasteiger partial charge < -0.3 is 19.9 Å². The van der Waals surface area contributed by atoms with Gasteiger partial charge in [0.25, 0.3) is 5.91 Å². The first-order valence-electron chi connectivity index (χ1n) is 5.53. The predicted octanol–water partition coefficient (Wildman–Crippen LogP) is 0.552. The maximum atomic E-state index is 11.9. The van der Waals surface area contributed by atoms with Crippen molar-refractivity contribution in [2.24, 2.45) is 0 Å². The Kier molecular flexibility index (Phi) is 5.85. The number of benzene rings is 1. The maximum absolute atomic E-state index is 11.9. The summed E-state index contributed by atoms with van der Waals surface area (Å²) in [4.78, 5) is 22.5. The SMILES string of the molecule is COC(=O)C(O)CNC(=O)c1ccc(OC(F)F)cc1. The Hall–Kier alpha value is -2.22. The molecule has 0 fully saturated rings. The summed E-state index contributed by atoms with van der Waals surface area (Å²) in [5.41, 5.74) is 0.170. The van der Waals surface area contributed by atoms with Crippen molar-refractivity contribution in [3.05, 3.63) is 29.8 Å². The van der Waals surface area contributed by atoms with Crippen molar-refractivity contribution in [2.75, 3.05) is 13.7 Å². The second-order valence-electron chi connectivity index (χ2n) is 3.65. The molecule has 0 aliphatic heterocycles. The highest BCUT2D eigenvalue weighted by Gasteiger charge is 2.16. The number of nitrogens with one attached hydrogen (secondary N) is 1. The number of amides is 1. The van der Waals surface area contributed by atoms with Gasteiger partial charge >= 0.3 is 12.6 Å². The summed E-state index contributed by atoms with van der Waals surface area (Å²) in [6.45, 7) is -3.26. The Morgan fingerprint density at radius 3 is 2.40 bits per heavy atom. The molecule has 0 saturated carbocycles. The number of hydrogen-bond donors (Lipinski definition) is 2. The first-order valence-corrected chi connectivity index (χ1v) is 5.53. The largest absolute Gasteiger partial charge is 0.467 e. The van der Waals surface area contributed by atoms with Gasteiger partial charge in [-0.3, -0.25) is 4.79 Å². The molecule has 20 heavy (non-hydrogen) atoms. The highest BCUT2D eigenvalue weighted by atomic mass is 19.3. The molecule has 1 unspecified atom stereocenters. The lowest BCUT2D eigenvalue weighted by molar-refractivity contribution is -0.149. The van der Waals surface area contributed by atoms with E-state index >= 15 is 0 Å². The van der Waals surface area contributed by atoms with E-state index < -0.39 is 24.6 Å². The molecular weight excluding hydrogens is 276 g/mol. The Morgan fingerprint density at radius 2 is 1.90 bits per heavy atom. The average molecular weight is 289 g/mol. The van der Waals surface area contributed by atoms with Crippen LogP contribution in [0.25, 0.3) is 0 Å². The zero-order valence-electron chi connectivity index (χ0n) is 10.5. The zero-order valence-corrected chi connectivity index (χ0v) is 10.5. The Labute approximate surface area is 113 Å². The highest BCUT2D eigenvalue weighted by Crippen LogP contribution is 2.14. The highest BCUT2D eigenvalue weighted by molar-refractivity contribution is 5.94. The molecule has 1 atom stereocenters. The number of esters is 1. The number of aliphatic hydroxyl groups excluding tert-OH is 1. The van der Waals surface area contributed by atoms with E-state index in [0.29, 0.717) is 0 Å². The molecule has 1 aromatic rings. The molecule has 0 saturated heterocycles. The van der Waals surface area contributed by atoms with Crippen LogP contribution in [0.1, 0.15) is 10.4 Å². The number of methoxy groups -OCH3 is 1. The maximum Gasteiger partial charge on any atom is 0.387 e. The molecule has 6 nitrogen and oxygen atoms in total. The average Bonchev–Trinajstić information content (AvgIpc) is 2.43. The van der Waals surface area contributed by atoms with Crippen LogP contribution < -0.4 is 10.1 Å². The molecule has 0 spiro atoms. The van der Waals surface area contributed by atoms with Gasteiger partial charge in [0.15, 0.2) is 6.10 Å². The quantitative estimate of drug-likeness (QED) is 0.747. The Balaban J connectivity index is 2.53. The van der Waals surface area contributed by atoms with Crippen LogP contribution in [0.3, 0.4) is 0 Å². The lowest BCUT2D eigenvalue weighted by atomic mass is 10.2. The minimum atomic E-state index is -2.94. The van der Waals surface area contributed by atoms with E-state index in [-0.39, 0.29) is 17.9 Å². The van der Waals surface area contributed by atoms with Crippen molar-refractivity contribution in [3.8, 4) is 5.75 Å². The minimum Gasteiger partial charge on any atom is -0.467 e. The third kappa shape index (κ3) is 4.81. The van der Waals surface area contributed by atoms with Crippen LogP contribution in [0.2, 0.25) is 0 Å². The Bertz CT molecular complexity index is 463. The third-order valence-corrected chi connectivity index (χ3v) is 2.27. The standard InChI is InChI=1S/C12H13F2NO5/c1-19-11(18)9(16)6-15-10(17)7-2-4-8(5-3-7)20-12(13)14/h2-5,9,12,16H,6H2,1H3,(H,15,17). The number of aliphatic hydroxyl groups is 1. The van der Waals surface area contributed by atoms with Crippen LogP contribution >= 0.6 is 0 Å². The molecule has 0 aromatic heterocycles. The third-order valence-electron chi connectivity index (χ3n) is 2.27. The predicted molar refractivity (Wildman–Crippen MR) is 63.4 cm³/mol. The van der Waals surface area contributed by atoms with Gasteiger partial charge in [0.05, 0.1) is 13.7 Å². The van der Waals surface area contributed by atoms with Gasteiger partial charge in [-0.15, -0.1) is 0 Å². The van der Waals surface area contributed by atoms with Crippen LogP contribution in [0.5, 0.6) is 5.75 Å². The van der Waals surface area contributed by atoms with E-state index in [1.807, 2.05) is 0 Å². The van der Waals surface area contributed by atoms with Crippen LogP contribution in [0.4, 0.5) is 8.78 Å². The molecule has 1 aromatic carbocycles. The van der Waals surface area contributed by atoms with Gasteiger partial charge in [-0.05, 0) is 24.3 Å². The fraction of sp³-hybridized carbons (Fsp3) is 0.333. The van der Waals surface area contributed by atoms with Crippen molar-refractivity contribution in [1.82, 2.24) is 5.32 Å². The number of carbonyl (C=O) groups excluding carboxylic acids is 2. The fourth-order valence-electron chi connectivity index (χ4n) is 1.30. The van der Waals surface area contributed by atoms with E-state index in [1.165, 1.54) is 24.3 Å². The number of hydrogen-bond acceptors (Lipinski definition) is 5. The first kappa shape index (κ1) is 15.8. The van der Waals surface area contributed by atoms with E-state index in [4.69, 9.17) is 0 Å². The number of rotatable bonds is 6. The van der Waals surface area contributed by atoms with Crippen molar-refractivity contribution >= 4 is 11.9 Å². The van der Waals surface area contributed by atoms with Crippen LogP contribution in [-0.4, -0.2) is 43.4 Å². The lowest BCUT2D eigenvalue weighted by Gasteiger charge is -2.10. The second kappa shape index (κ2) is 7.39. The molecule has 2 N–H and O–H groups in total. The molecule has 0 bridgehead atoms. The molecule has 0 radical (unpaired) electrons. The number of alkyl halides is 2.